The molecule has 0 spiro atoms. The van der Waals surface area contributed by atoms with Crippen molar-refractivity contribution in [2.45, 2.75) is 52.0 Å². The van der Waals surface area contributed by atoms with Crippen molar-refractivity contribution in [1.29, 1.82) is 0 Å². The molecular weight excluding hydrogens is 396 g/mol. The van der Waals surface area contributed by atoms with Crippen molar-refractivity contribution in [2.75, 3.05) is 13.7 Å². The number of hydrogen-bond donors (Lipinski definition) is 1. The first-order valence-corrected chi connectivity index (χ1v) is 10.1. The maximum Gasteiger partial charge on any atom is 0.299 e. The molecule has 0 aliphatic rings. The van der Waals surface area contributed by atoms with E-state index in [1.807, 2.05) is 19.9 Å². The summed E-state index contributed by atoms with van der Waals surface area (Å²) in [7, 11) is 1.63. The van der Waals surface area contributed by atoms with E-state index in [2.05, 4.69) is 58.0 Å². The van der Waals surface area contributed by atoms with Crippen LogP contribution in [0, 0.1) is 0 Å². The highest BCUT2D eigenvalue weighted by molar-refractivity contribution is 5.69. The Morgan fingerprint density at radius 3 is 2.35 bits per heavy atom. The van der Waals surface area contributed by atoms with Crippen molar-refractivity contribution in [1.82, 2.24) is 5.32 Å². The molecule has 0 bridgehead atoms. The maximum atomic E-state index is 13.3. The third-order valence-corrected chi connectivity index (χ3v) is 4.91. The minimum atomic E-state index is -3.09. The molecular formula is C26H35F2NO2. The second-order valence-corrected chi connectivity index (χ2v) is 8.45. The fourth-order valence-corrected chi connectivity index (χ4v) is 2.63. The predicted octanol–water partition coefficient (Wildman–Crippen LogP) is 6.80. The first kappa shape index (κ1) is 26.2. The molecule has 1 rings (SSSR count). The molecule has 1 atom stereocenters. The molecule has 0 aliphatic heterocycles. The van der Waals surface area contributed by atoms with E-state index in [1.165, 1.54) is 11.6 Å². The highest BCUT2D eigenvalue weighted by Gasteiger charge is 2.25. The Balaban J connectivity index is 2.97. The molecule has 1 N–H and O–H groups in total. The molecule has 0 aromatic heterocycles. The van der Waals surface area contributed by atoms with Gasteiger partial charge in [-0.1, -0.05) is 58.2 Å². The van der Waals surface area contributed by atoms with Crippen LogP contribution in [0.1, 0.15) is 45.7 Å². The van der Waals surface area contributed by atoms with E-state index in [9.17, 15) is 8.78 Å². The number of nitrogens with one attached hydrogen (secondary N) is 1. The molecule has 170 valence electrons. The first-order valence-electron chi connectivity index (χ1n) is 10.1. The largest absolute Gasteiger partial charge is 0.496 e. The van der Waals surface area contributed by atoms with Gasteiger partial charge >= 0.3 is 0 Å². The third kappa shape index (κ3) is 8.08. The van der Waals surface area contributed by atoms with Crippen LogP contribution in [-0.2, 0) is 10.2 Å². The molecule has 0 aliphatic carbocycles. The van der Waals surface area contributed by atoms with Gasteiger partial charge in [-0.25, -0.2) is 0 Å². The molecule has 5 heteroatoms. The van der Waals surface area contributed by atoms with E-state index in [1.54, 1.807) is 19.3 Å². The molecule has 1 unspecified atom stereocenters. The zero-order valence-corrected chi connectivity index (χ0v) is 19.5. The summed E-state index contributed by atoms with van der Waals surface area (Å²) in [5.41, 5.74) is 3.77. The highest BCUT2D eigenvalue weighted by Crippen LogP contribution is 2.31. The smallest absolute Gasteiger partial charge is 0.299 e. The van der Waals surface area contributed by atoms with E-state index >= 15 is 0 Å². The Kier molecular flexibility index (Phi) is 9.29. The van der Waals surface area contributed by atoms with Gasteiger partial charge in [0.15, 0.2) is 6.61 Å². The number of ether oxygens (including phenoxy) is 2. The molecule has 0 saturated heterocycles. The van der Waals surface area contributed by atoms with Crippen LogP contribution in [0.15, 0.2) is 73.6 Å². The summed E-state index contributed by atoms with van der Waals surface area (Å²) in [6.07, 6.45) is 5.37. The van der Waals surface area contributed by atoms with Gasteiger partial charge in [0.25, 0.3) is 5.92 Å². The minimum absolute atomic E-state index is 0.00295. The lowest BCUT2D eigenvalue weighted by Crippen LogP contribution is -2.25. The van der Waals surface area contributed by atoms with Crippen molar-refractivity contribution >= 4 is 5.70 Å². The fourth-order valence-electron chi connectivity index (χ4n) is 2.63. The molecule has 31 heavy (non-hydrogen) atoms. The number of rotatable bonds is 11. The first-order chi connectivity index (χ1) is 14.3. The molecule has 0 radical (unpaired) electrons. The molecule has 1 aromatic carbocycles. The lowest BCUT2D eigenvalue weighted by Gasteiger charge is -2.23. The fraction of sp³-hybridized carbons (Fsp3) is 0.385. The number of hydrogen-bond acceptors (Lipinski definition) is 3. The minimum Gasteiger partial charge on any atom is -0.496 e. The zero-order valence-electron chi connectivity index (χ0n) is 19.5. The average molecular weight is 432 g/mol. The van der Waals surface area contributed by atoms with E-state index in [4.69, 9.17) is 9.47 Å². The van der Waals surface area contributed by atoms with Crippen molar-refractivity contribution in [2.24, 2.45) is 0 Å². The monoisotopic (exact) mass is 431 g/mol. The van der Waals surface area contributed by atoms with Crippen LogP contribution in [0.25, 0.3) is 5.70 Å². The molecule has 0 amide bonds. The summed E-state index contributed by atoms with van der Waals surface area (Å²) in [5, 5.41) is 3.38. The molecule has 0 saturated carbocycles. The summed E-state index contributed by atoms with van der Waals surface area (Å²) < 4.78 is 37.2. The molecule has 0 fully saturated rings. The SMILES string of the molecule is C=C/C(=C\C=C(/C)C(C)NC(=C)c1cc(C(C)(C)C)ccc1OC)OCC(F)(F)C=C. The van der Waals surface area contributed by atoms with Crippen LogP contribution in [0.2, 0.25) is 0 Å². The van der Waals surface area contributed by atoms with Gasteiger partial charge in [0.2, 0.25) is 0 Å². The van der Waals surface area contributed by atoms with Crippen LogP contribution < -0.4 is 10.1 Å². The number of allylic oxidation sites excluding steroid dienone is 3. The summed E-state index contributed by atoms with van der Waals surface area (Å²) in [5.74, 6) is -2.09. The Morgan fingerprint density at radius 1 is 1.19 bits per heavy atom. The van der Waals surface area contributed by atoms with Crippen molar-refractivity contribution < 1.29 is 18.3 Å². The Morgan fingerprint density at radius 2 is 1.84 bits per heavy atom. The van der Waals surface area contributed by atoms with E-state index in [-0.39, 0.29) is 17.2 Å². The normalized spacial score (nSPS) is 13.9. The van der Waals surface area contributed by atoms with Gasteiger partial charge in [-0.05, 0) is 55.2 Å². The van der Waals surface area contributed by atoms with Crippen molar-refractivity contribution in [3.8, 4) is 5.75 Å². The van der Waals surface area contributed by atoms with Gasteiger partial charge in [-0.15, -0.1) is 0 Å². The van der Waals surface area contributed by atoms with Crippen LogP contribution in [-0.4, -0.2) is 25.7 Å². The number of alkyl halides is 2. The lowest BCUT2D eigenvalue weighted by molar-refractivity contribution is -0.0157. The summed E-state index contributed by atoms with van der Waals surface area (Å²) in [6, 6.07) is 6.03. The van der Waals surface area contributed by atoms with Crippen LogP contribution in [0.3, 0.4) is 0 Å². The van der Waals surface area contributed by atoms with Gasteiger partial charge in [0.05, 0.1) is 7.11 Å². The Bertz CT molecular complexity index is 861. The average Bonchev–Trinajstić information content (AvgIpc) is 2.72. The molecule has 1 aromatic rings. The summed E-state index contributed by atoms with van der Waals surface area (Å²) in [6.45, 7) is 20.5. The number of benzene rings is 1. The summed E-state index contributed by atoms with van der Waals surface area (Å²) >= 11 is 0. The Labute approximate surface area is 185 Å². The topological polar surface area (TPSA) is 30.5 Å². The molecule has 0 heterocycles. The highest BCUT2D eigenvalue weighted by atomic mass is 19.3. The van der Waals surface area contributed by atoms with E-state index in [0.717, 1.165) is 22.6 Å². The van der Waals surface area contributed by atoms with E-state index < -0.39 is 12.5 Å². The third-order valence-electron chi connectivity index (χ3n) is 4.91. The van der Waals surface area contributed by atoms with Crippen LogP contribution in [0.5, 0.6) is 5.75 Å². The Hall–Kier alpha value is -2.82. The maximum absolute atomic E-state index is 13.3. The standard InChI is InChI=1S/C26H35F2NO2/c1-10-22(31-17-26(27,28)11-2)14-12-18(3)19(4)29-20(5)23-16-21(25(6,7)8)13-15-24(23)30-9/h10-16,19,29H,1-2,5,17H2,3-4,6-9H3/b18-12+,22-14+. The summed E-state index contributed by atoms with van der Waals surface area (Å²) in [4.78, 5) is 0. The van der Waals surface area contributed by atoms with Crippen LogP contribution >= 0.6 is 0 Å². The van der Waals surface area contributed by atoms with Gasteiger partial charge in [-0.3, -0.25) is 0 Å². The van der Waals surface area contributed by atoms with Gasteiger partial charge in [0.1, 0.15) is 11.5 Å². The second-order valence-electron chi connectivity index (χ2n) is 8.45. The molecule has 3 nitrogen and oxygen atoms in total. The van der Waals surface area contributed by atoms with Gasteiger partial charge in [0, 0.05) is 17.3 Å². The number of halogens is 2. The van der Waals surface area contributed by atoms with Gasteiger partial charge < -0.3 is 14.8 Å². The second kappa shape index (κ2) is 11.0. The van der Waals surface area contributed by atoms with E-state index in [0.29, 0.717) is 6.08 Å². The number of methoxy groups -OCH3 is 1. The van der Waals surface area contributed by atoms with Crippen molar-refractivity contribution in [3.63, 3.8) is 0 Å². The predicted molar refractivity (Wildman–Crippen MR) is 126 cm³/mol. The van der Waals surface area contributed by atoms with Crippen LogP contribution in [0.4, 0.5) is 8.78 Å². The quantitative estimate of drug-likeness (QED) is 0.238. The zero-order chi connectivity index (χ0) is 23.8. The van der Waals surface area contributed by atoms with Gasteiger partial charge in [-0.2, -0.15) is 8.78 Å². The lowest BCUT2D eigenvalue weighted by atomic mass is 9.85. The van der Waals surface area contributed by atoms with Crippen molar-refractivity contribution in [3.05, 3.63) is 84.7 Å².